The van der Waals surface area contributed by atoms with Gasteiger partial charge in [-0.25, -0.2) is 8.42 Å². The molecule has 0 aliphatic carbocycles. The number of amides is 2. The van der Waals surface area contributed by atoms with Crippen LogP contribution in [0.5, 0.6) is 0 Å². The van der Waals surface area contributed by atoms with Gasteiger partial charge in [-0.15, -0.1) is 0 Å². The van der Waals surface area contributed by atoms with Crippen molar-refractivity contribution in [1.29, 1.82) is 0 Å². The van der Waals surface area contributed by atoms with Gasteiger partial charge in [-0.05, 0) is 55.8 Å². The average molecular weight is 470 g/mol. The van der Waals surface area contributed by atoms with Crippen LogP contribution >= 0.6 is 0 Å². The zero-order valence-electron chi connectivity index (χ0n) is 18.9. The molecule has 1 heterocycles. The predicted octanol–water partition coefficient (Wildman–Crippen LogP) is 3.62. The molecule has 9 heteroatoms. The Hall–Kier alpha value is -3.46. The van der Waals surface area contributed by atoms with E-state index in [4.69, 9.17) is 4.52 Å². The van der Waals surface area contributed by atoms with Crippen molar-refractivity contribution in [3.8, 4) is 0 Å². The van der Waals surface area contributed by atoms with Gasteiger partial charge in [0, 0.05) is 23.9 Å². The van der Waals surface area contributed by atoms with E-state index in [0.29, 0.717) is 41.4 Å². The first-order valence-electron chi connectivity index (χ1n) is 10.6. The topological polar surface area (TPSA) is 110 Å². The molecule has 33 heavy (non-hydrogen) atoms. The first-order valence-corrected chi connectivity index (χ1v) is 12.3. The van der Waals surface area contributed by atoms with Gasteiger partial charge in [-0.2, -0.15) is 0 Å². The molecule has 0 radical (unpaired) electrons. The van der Waals surface area contributed by atoms with Crippen LogP contribution in [0.25, 0.3) is 0 Å². The zero-order chi connectivity index (χ0) is 24.0. The van der Waals surface area contributed by atoms with Crippen molar-refractivity contribution >= 4 is 27.3 Å². The lowest BCUT2D eigenvalue weighted by Gasteiger charge is -2.19. The van der Waals surface area contributed by atoms with Gasteiger partial charge in [-0.3, -0.25) is 9.59 Å². The quantitative estimate of drug-likeness (QED) is 0.513. The molecule has 0 atom stereocenters. The van der Waals surface area contributed by atoms with Crippen molar-refractivity contribution in [1.82, 2.24) is 10.1 Å². The highest BCUT2D eigenvalue weighted by molar-refractivity contribution is 7.91. The SMILES string of the molecule is CCN(Cc1cc(C)on1)C(=O)c1ccc(NC(=O)Cc2ccc(S(=O)(=O)CC)cc2)cc1. The number of nitrogens with zero attached hydrogens (tertiary/aromatic N) is 2. The lowest BCUT2D eigenvalue weighted by atomic mass is 10.1. The van der Waals surface area contributed by atoms with Crippen LogP contribution in [0.2, 0.25) is 0 Å². The fraction of sp³-hybridized carbons (Fsp3) is 0.292. The second kappa shape index (κ2) is 10.4. The average Bonchev–Trinajstić information content (AvgIpc) is 3.22. The van der Waals surface area contributed by atoms with Crippen molar-refractivity contribution in [3.05, 3.63) is 77.2 Å². The van der Waals surface area contributed by atoms with Crippen LogP contribution in [0.4, 0.5) is 5.69 Å². The first kappa shape index (κ1) is 24.2. The Morgan fingerprint density at radius 2 is 1.70 bits per heavy atom. The van der Waals surface area contributed by atoms with E-state index in [-0.39, 0.29) is 28.9 Å². The summed E-state index contributed by atoms with van der Waals surface area (Å²) in [6.07, 6.45) is 0.105. The number of hydrogen-bond donors (Lipinski definition) is 1. The van der Waals surface area contributed by atoms with Crippen LogP contribution in [0, 0.1) is 6.92 Å². The maximum Gasteiger partial charge on any atom is 0.254 e. The Morgan fingerprint density at radius 3 is 2.24 bits per heavy atom. The van der Waals surface area contributed by atoms with Crippen LogP contribution in [-0.2, 0) is 27.6 Å². The van der Waals surface area contributed by atoms with Crippen molar-refractivity contribution < 1.29 is 22.5 Å². The lowest BCUT2D eigenvalue weighted by Crippen LogP contribution is -2.30. The van der Waals surface area contributed by atoms with Crippen LogP contribution in [-0.4, -0.2) is 42.6 Å². The summed E-state index contributed by atoms with van der Waals surface area (Å²) in [4.78, 5) is 27.1. The van der Waals surface area contributed by atoms with Gasteiger partial charge in [0.1, 0.15) is 11.5 Å². The van der Waals surface area contributed by atoms with Gasteiger partial charge in [0.2, 0.25) is 5.91 Å². The molecule has 1 aromatic heterocycles. The van der Waals surface area contributed by atoms with E-state index in [1.54, 1.807) is 61.2 Å². The van der Waals surface area contributed by atoms with Crippen LogP contribution in [0.1, 0.15) is 41.2 Å². The van der Waals surface area contributed by atoms with E-state index in [2.05, 4.69) is 10.5 Å². The minimum absolute atomic E-state index is 0.0290. The van der Waals surface area contributed by atoms with Gasteiger partial charge >= 0.3 is 0 Å². The number of aromatic nitrogens is 1. The number of aryl methyl sites for hydroxylation is 1. The highest BCUT2D eigenvalue weighted by Crippen LogP contribution is 2.16. The molecule has 0 saturated heterocycles. The van der Waals surface area contributed by atoms with Crippen molar-refractivity contribution in [2.75, 3.05) is 17.6 Å². The number of rotatable bonds is 9. The monoisotopic (exact) mass is 469 g/mol. The van der Waals surface area contributed by atoms with Crippen LogP contribution in [0.15, 0.2) is 64.0 Å². The van der Waals surface area contributed by atoms with Gasteiger partial charge < -0.3 is 14.7 Å². The number of nitrogens with one attached hydrogen (secondary N) is 1. The normalized spacial score (nSPS) is 11.2. The van der Waals surface area contributed by atoms with Crippen molar-refractivity contribution in [3.63, 3.8) is 0 Å². The minimum Gasteiger partial charge on any atom is -0.361 e. The fourth-order valence-electron chi connectivity index (χ4n) is 3.27. The molecule has 0 aliphatic rings. The van der Waals surface area contributed by atoms with Crippen molar-refractivity contribution in [2.45, 2.75) is 38.6 Å². The third-order valence-corrected chi connectivity index (χ3v) is 6.89. The minimum atomic E-state index is -3.27. The molecular weight excluding hydrogens is 442 g/mol. The molecule has 0 bridgehead atoms. The Morgan fingerprint density at radius 1 is 1.03 bits per heavy atom. The summed E-state index contributed by atoms with van der Waals surface area (Å²) in [5.74, 6) is 0.340. The summed E-state index contributed by atoms with van der Waals surface area (Å²) < 4.78 is 28.8. The van der Waals surface area contributed by atoms with E-state index in [1.165, 1.54) is 12.1 Å². The third kappa shape index (κ3) is 6.29. The molecule has 174 valence electrons. The maximum absolute atomic E-state index is 12.8. The molecule has 8 nitrogen and oxygen atoms in total. The summed E-state index contributed by atoms with van der Waals surface area (Å²) in [7, 11) is -3.27. The molecule has 2 amide bonds. The van der Waals surface area contributed by atoms with E-state index in [0.717, 1.165) is 0 Å². The largest absolute Gasteiger partial charge is 0.361 e. The van der Waals surface area contributed by atoms with Gasteiger partial charge in [-0.1, -0.05) is 24.2 Å². The Labute approximate surface area is 193 Å². The highest BCUT2D eigenvalue weighted by Gasteiger charge is 2.17. The molecule has 0 fully saturated rings. The lowest BCUT2D eigenvalue weighted by molar-refractivity contribution is -0.115. The number of carbonyl (C=O) groups excluding carboxylic acids is 2. The van der Waals surface area contributed by atoms with E-state index in [1.807, 2.05) is 6.92 Å². The summed E-state index contributed by atoms with van der Waals surface area (Å²) in [5, 5.41) is 6.73. The molecule has 3 aromatic rings. The molecule has 0 saturated carbocycles. The van der Waals surface area contributed by atoms with E-state index in [9.17, 15) is 18.0 Å². The fourth-order valence-corrected chi connectivity index (χ4v) is 4.15. The molecule has 3 rings (SSSR count). The second-order valence-corrected chi connectivity index (χ2v) is 9.88. The maximum atomic E-state index is 12.8. The Bertz CT molecular complexity index is 1220. The highest BCUT2D eigenvalue weighted by atomic mass is 32.2. The summed E-state index contributed by atoms with van der Waals surface area (Å²) in [6.45, 7) is 6.15. The molecular formula is C24H27N3O5S. The number of carbonyl (C=O) groups is 2. The summed E-state index contributed by atoms with van der Waals surface area (Å²) >= 11 is 0. The first-order chi connectivity index (χ1) is 15.7. The van der Waals surface area contributed by atoms with Gasteiger partial charge in [0.25, 0.3) is 5.91 Å². The van der Waals surface area contributed by atoms with Gasteiger partial charge in [0.15, 0.2) is 9.84 Å². The zero-order valence-corrected chi connectivity index (χ0v) is 19.7. The summed E-state index contributed by atoms with van der Waals surface area (Å²) in [6, 6.07) is 14.8. The molecule has 2 aromatic carbocycles. The number of anilines is 1. The van der Waals surface area contributed by atoms with Crippen molar-refractivity contribution in [2.24, 2.45) is 0 Å². The summed E-state index contributed by atoms with van der Waals surface area (Å²) in [5.41, 5.74) is 2.46. The molecule has 0 aliphatic heterocycles. The number of sulfone groups is 1. The number of hydrogen-bond acceptors (Lipinski definition) is 6. The Kier molecular flexibility index (Phi) is 7.65. The van der Waals surface area contributed by atoms with Crippen LogP contribution < -0.4 is 5.32 Å². The Balaban J connectivity index is 1.59. The van der Waals surface area contributed by atoms with Crippen LogP contribution in [0.3, 0.4) is 0 Å². The molecule has 0 spiro atoms. The second-order valence-electron chi connectivity index (χ2n) is 7.60. The smallest absolute Gasteiger partial charge is 0.254 e. The standard InChI is InChI=1S/C24H27N3O5S/c1-4-27(16-21-14-17(3)32-26-21)24(29)19-8-10-20(11-9-19)25-23(28)15-18-6-12-22(13-7-18)33(30,31)5-2/h6-14H,4-5,15-16H2,1-3H3,(H,25,28). The third-order valence-electron chi connectivity index (χ3n) is 5.14. The molecule has 0 unspecified atom stereocenters. The van der Waals surface area contributed by atoms with Gasteiger partial charge in [0.05, 0.1) is 23.6 Å². The number of benzene rings is 2. The molecule has 1 N–H and O–H groups in total. The van der Waals surface area contributed by atoms with E-state index < -0.39 is 9.84 Å². The predicted molar refractivity (Wildman–Crippen MR) is 125 cm³/mol. The van der Waals surface area contributed by atoms with E-state index >= 15 is 0 Å².